The minimum absolute atomic E-state index is 0.0369. The largest absolute Gasteiger partial charge is 0.491 e. The SMILES string of the molecule is CCCC(O)c1ccc(C2CCC(c3ccc(C4CCC(c5ccc(OCC)c(F)c5F)CC4)c(F)c3F)CC2)c(F)c1F. The fourth-order valence-corrected chi connectivity index (χ4v) is 7.35. The van der Waals surface area contributed by atoms with E-state index in [4.69, 9.17) is 4.74 Å². The number of halogens is 6. The van der Waals surface area contributed by atoms with Gasteiger partial charge in [-0.3, -0.25) is 0 Å². The van der Waals surface area contributed by atoms with Gasteiger partial charge in [-0.2, -0.15) is 4.39 Å². The van der Waals surface area contributed by atoms with Crippen LogP contribution in [0.5, 0.6) is 5.75 Å². The van der Waals surface area contributed by atoms with Crippen molar-refractivity contribution in [2.24, 2.45) is 0 Å². The second-order valence-electron chi connectivity index (χ2n) is 12.4. The van der Waals surface area contributed by atoms with Gasteiger partial charge in [-0.1, -0.05) is 43.7 Å². The van der Waals surface area contributed by atoms with Gasteiger partial charge in [0, 0.05) is 5.56 Å². The second kappa shape index (κ2) is 14.0. The maximum absolute atomic E-state index is 15.4. The number of aliphatic hydroxyl groups excluding tert-OH is 1. The fraction of sp³-hybridized carbons (Fsp3) is 0.500. The second-order valence-corrected chi connectivity index (χ2v) is 12.4. The molecular formula is C36H40F6O2. The smallest absolute Gasteiger partial charge is 0.200 e. The van der Waals surface area contributed by atoms with Crippen molar-refractivity contribution in [1.29, 1.82) is 0 Å². The Balaban J connectivity index is 1.22. The average Bonchev–Trinajstić information content (AvgIpc) is 3.03. The van der Waals surface area contributed by atoms with Crippen LogP contribution < -0.4 is 4.74 Å². The topological polar surface area (TPSA) is 29.5 Å². The molecule has 1 atom stereocenters. The van der Waals surface area contributed by atoms with Crippen LogP contribution in [0.4, 0.5) is 26.3 Å². The van der Waals surface area contributed by atoms with Gasteiger partial charge in [-0.05, 0) is 117 Å². The molecule has 0 saturated heterocycles. The molecular weight excluding hydrogens is 578 g/mol. The van der Waals surface area contributed by atoms with E-state index in [0.717, 1.165) is 0 Å². The highest BCUT2D eigenvalue weighted by Gasteiger charge is 2.33. The minimum Gasteiger partial charge on any atom is -0.491 e. The predicted molar refractivity (Wildman–Crippen MR) is 158 cm³/mol. The lowest BCUT2D eigenvalue weighted by molar-refractivity contribution is 0.160. The van der Waals surface area contributed by atoms with Crippen molar-refractivity contribution in [1.82, 2.24) is 0 Å². The van der Waals surface area contributed by atoms with Gasteiger partial charge in [0.2, 0.25) is 5.82 Å². The minimum atomic E-state index is -1.05. The molecule has 0 bridgehead atoms. The van der Waals surface area contributed by atoms with E-state index in [2.05, 4.69) is 0 Å². The number of aliphatic hydroxyl groups is 1. The lowest BCUT2D eigenvalue weighted by atomic mass is 9.74. The third kappa shape index (κ3) is 6.37. The van der Waals surface area contributed by atoms with Gasteiger partial charge < -0.3 is 9.84 Å². The molecule has 0 aliphatic heterocycles. The predicted octanol–water partition coefficient (Wildman–Crippen LogP) is 10.6. The quantitative estimate of drug-likeness (QED) is 0.242. The van der Waals surface area contributed by atoms with Crippen LogP contribution in [-0.2, 0) is 0 Å². The van der Waals surface area contributed by atoms with Crippen LogP contribution in [0.1, 0.15) is 136 Å². The molecule has 0 radical (unpaired) electrons. The maximum atomic E-state index is 15.4. The van der Waals surface area contributed by atoms with E-state index in [-0.39, 0.29) is 52.7 Å². The molecule has 0 aromatic heterocycles. The molecule has 3 aromatic rings. The Bertz CT molecular complexity index is 1460. The van der Waals surface area contributed by atoms with Crippen molar-refractivity contribution in [3.63, 3.8) is 0 Å². The monoisotopic (exact) mass is 618 g/mol. The molecule has 5 rings (SSSR count). The fourth-order valence-electron chi connectivity index (χ4n) is 7.35. The molecule has 3 aromatic carbocycles. The van der Waals surface area contributed by atoms with Crippen LogP contribution in [0.15, 0.2) is 36.4 Å². The van der Waals surface area contributed by atoms with Crippen LogP contribution >= 0.6 is 0 Å². The van der Waals surface area contributed by atoms with Gasteiger partial charge in [-0.25, -0.2) is 22.0 Å². The summed E-state index contributed by atoms with van der Waals surface area (Å²) in [6, 6.07) is 9.29. The Morgan fingerprint density at radius 3 is 1.34 bits per heavy atom. The first-order valence-corrected chi connectivity index (χ1v) is 15.9. The summed E-state index contributed by atoms with van der Waals surface area (Å²) in [5.41, 5.74) is 1.12. The highest BCUT2D eigenvalue weighted by molar-refractivity contribution is 5.36. The first kappa shape index (κ1) is 32.4. The standard InChI is InChI=1S/C36H40F6O2/c1-3-5-29(43)28-17-16-26(33(39)35(28)41)22-8-6-20(7-9-22)24-14-15-25(32(38)31(24)37)21-10-12-23(13-11-21)27-18-19-30(44-4-2)36(42)34(27)40/h14-23,29,43H,3-13H2,1-2H3. The zero-order valence-electron chi connectivity index (χ0n) is 25.3. The third-order valence-corrected chi connectivity index (χ3v) is 9.80. The van der Waals surface area contributed by atoms with Crippen molar-refractivity contribution in [3.05, 3.63) is 99.1 Å². The molecule has 2 saturated carbocycles. The molecule has 2 aliphatic carbocycles. The highest BCUT2D eigenvalue weighted by Crippen LogP contribution is 2.46. The summed E-state index contributed by atoms with van der Waals surface area (Å²) < 4.78 is 94.9. The van der Waals surface area contributed by atoms with Crippen molar-refractivity contribution in [2.45, 2.75) is 108 Å². The molecule has 1 unspecified atom stereocenters. The zero-order valence-corrected chi connectivity index (χ0v) is 25.3. The number of rotatable bonds is 9. The molecule has 44 heavy (non-hydrogen) atoms. The van der Waals surface area contributed by atoms with E-state index in [1.807, 2.05) is 6.92 Å². The molecule has 2 aliphatic rings. The number of hydrogen-bond acceptors (Lipinski definition) is 2. The van der Waals surface area contributed by atoms with Crippen molar-refractivity contribution >= 4 is 0 Å². The lowest BCUT2D eigenvalue weighted by Gasteiger charge is -2.31. The molecule has 2 nitrogen and oxygen atoms in total. The van der Waals surface area contributed by atoms with E-state index < -0.39 is 41.0 Å². The summed E-state index contributed by atoms with van der Waals surface area (Å²) in [5.74, 6) is -6.61. The van der Waals surface area contributed by atoms with Crippen LogP contribution in [0.3, 0.4) is 0 Å². The normalized spacial score (nSPS) is 23.0. The van der Waals surface area contributed by atoms with Crippen molar-refractivity contribution < 1.29 is 36.2 Å². The Kier molecular flexibility index (Phi) is 10.3. The van der Waals surface area contributed by atoms with Gasteiger partial charge in [0.25, 0.3) is 0 Å². The Morgan fingerprint density at radius 2 is 0.932 bits per heavy atom. The number of ether oxygens (including phenoxy) is 1. The third-order valence-electron chi connectivity index (χ3n) is 9.80. The summed E-state index contributed by atoms with van der Waals surface area (Å²) in [6.45, 7) is 3.78. The molecule has 0 heterocycles. The van der Waals surface area contributed by atoms with Gasteiger partial charge in [-0.15, -0.1) is 0 Å². The molecule has 2 fully saturated rings. The van der Waals surface area contributed by atoms with E-state index >= 15 is 8.78 Å². The van der Waals surface area contributed by atoms with Crippen LogP contribution in [0.25, 0.3) is 0 Å². The summed E-state index contributed by atoms with van der Waals surface area (Å²) in [6.07, 6.45) is 4.06. The highest BCUT2D eigenvalue weighted by atomic mass is 19.2. The van der Waals surface area contributed by atoms with E-state index in [9.17, 15) is 22.7 Å². The summed E-state index contributed by atoms with van der Waals surface area (Å²) >= 11 is 0. The number of hydrogen-bond donors (Lipinski definition) is 1. The first-order valence-electron chi connectivity index (χ1n) is 15.9. The summed E-state index contributed by atoms with van der Waals surface area (Å²) in [5, 5.41) is 10.1. The first-order chi connectivity index (χ1) is 21.2. The maximum Gasteiger partial charge on any atom is 0.200 e. The molecule has 0 spiro atoms. The van der Waals surface area contributed by atoms with Gasteiger partial charge in [0.1, 0.15) is 0 Å². The Hall–Kier alpha value is -3.00. The van der Waals surface area contributed by atoms with Crippen molar-refractivity contribution in [3.8, 4) is 5.75 Å². The Morgan fingerprint density at radius 1 is 0.568 bits per heavy atom. The van der Waals surface area contributed by atoms with Crippen molar-refractivity contribution in [2.75, 3.05) is 6.61 Å². The van der Waals surface area contributed by atoms with Crippen LogP contribution in [0.2, 0.25) is 0 Å². The van der Waals surface area contributed by atoms with E-state index in [1.54, 1.807) is 31.2 Å². The van der Waals surface area contributed by atoms with E-state index in [1.165, 1.54) is 12.1 Å². The lowest BCUT2D eigenvalue weighted by Crippen LogP contribution is -2.18. The van der Waals surface area contributed by atoms with E-state index in [0.29, 0.717) is 75.3 Å². The Labute approximate surface area is 255 Å². The number of benzene rings is 3. The molecule has 8 heteroatoms. The van der Waals surface area contributed by atoms with Gasteiger partial charge >= 0.3 is 0 Å². The summed E-state index contributed by atoms with van der Waals surface area (Å²) in [4.78, 5) is 0. The molecule has 0 amide bonds. The van der Waals surface area contributed by atoms with Gasteiger partial charge in [0.05, 0.1) is 12.7 Å². The van der Waals surface area contributed by atoms with Crippen LogP contribution in [-0.4, -0.2) is 11.7 Å². The van der Waals surface area contributed by atoms with Gasteiger partial charge in [0.15, 0.2) is 34.8 Å². The van der Waals surface area contributed by atoms with Crippen LogP contribution in [0, 0.1) is 34.9 Å². The molecule has 238 valence electrons. The average molecular weight is 619 g/mol. The summed E-state index contributed by atoms with van der Waals surface area (Å²) in [7, 11) is 0. The zero-order chi connectivity index (χ0) is 31.5. The molecule has 1 N–H and O–H groups in total.